The van der Waals surface area contributed by atoms with Crippen LogP contribution in [0, 0.1) is 23.6 Å². The first-order valence-electron chi connectivity index (χ1n) is 14.0. The predicted octanol–water partition coefficient (Wildman–Crippen LogP) is 5.19. The van der Waals surface area contributed by atoms with Crippen LogP contribution in [0.1, 0.15) is 45.5 Å². The number of ether oxygens (including phenoxy) is 2. The van der Waals surface area contributed by atoms with E-state index < -0.39 is 55.8 Å². The second kappa shape index (κ2) is 12.6. The number of anilines is 1. The summed E-state index contributed by atoms with van der Waals surface area (Å²) in [5.41, 5.74) is -5.14. The number of rotatable bonds is 10. The van der Waals surface area contributed by atoms with Gasteiger partial charge < -0.3 is 25.2 Å². The summed E-state index contributed by atoms with van der Waals surface area (Å²) in [7, 11) is -4.39. The standard InChI is InChI=1S/C31H28F4N2O8S/c1-44-24-14-23(32)25(45-15-16-5-7-17(8-6-16)30(40)41)13-22(24)28(38)37-27-19-10-9-18(11-19)26(27)29(39)36-20-3-2-4-21(12-20)46(42,43)31(33,34)35/h2-8,12-14,18-19,26-27H,9-11,15H2,1H3,(H,36,39)(H,37,38)(H,40,41)/t18-,19+,26+,27-/m1/s1. The quantitative estimate of drug-likeness (QED) is 0.251. The minimum Gasteiger partial charge on any atom is -0.496 e. The third-order valence-electron chi connectivity index (χ3n) is 8.33. The first-order valence-corrected chi connectivity index (χ1v) is 15.5. The molecule has 2 fully saturated rings. The van der Waals surface area contributed by atoms with Crippen LogP contribution in [0.2, 0.25) is 0 Å². The van der Waals surface area contributed by atoms with Crippen LogP contribution in [0.5, 0.6) is 11.5 Å². The fraction of sp³-hybridized carbons (Fsp3) is 0.323. The van der Waals surface area contributed by atoms with Crippen molar-refractivity contribution < 1.29 is 54.9 Å². The summed E-state index contributed by atoms with van der Waals surface area (Å²) >= 11 is 0. The molecular weight excluding hydrogens is 636 g/mol. The molecule has 0 saturated heterocycles. The third kappa shape index (κ3) is 6.50. The Morgan fingerprint density at radius 1 is 0.978 bits per heavy atom. The van der Waals surface area contributed by atoms with Gasteiger partial charge in [-0.1, -0.05) is 18.2 Å². The summed E-state index contributed by atoms with van der Waals surface area (Å²) in [5.74, 6) is -4.57. The number of sulfone groups is 1. The number of fused-ring (bicyclic) bond motifs is 2. The molecule has 0 aliphatic heterocycles. The van der Waals surface area contributed by atoms with Gasteiger partial charge in [0, 0.05) is 17.8 Å². The second-order valence-corrected chi connectivity index (χ2v) is 13.0. The van der Waals surface area contributed by atoms with Crippen molar-refractivity contribution in [2.75, 3.05) is 12.4 Å². The van der Waals surface area contributed by atoms with Gasteiger partial charge >= 0.3 is 11.5 Å². The number of carboxylic acid groups (broad SMARTS) is 1. The summed E-state index contributed by atoms with van der Waals surface area (Å²) in [5, 5.41) is 14.4. The van der Waals surface area contributed by atoms with Gasteiger partial charge in [-0.05, 0) is 73.1 Å². The van der Waals surface area contributed by atoms with E-state index in [-0.39, 0.29) is 46.8 Å². The summed E-state index contributed by atoms with van der Waals surface area (Å²) in [6.45, 7) is -0.135. The highest BCUT2D eigenvalue weighted by Crippen LogP contribution is 2.49. The van der Waals surface area contributed by atoms with E-state index in [1.165, 1.54) is 37.4 Å². The maximum Gasteiger partial charge on any atom is 0.501 e. The first kappa shape index (κ1) is 32.7. The Hall–Kier alpha value is -4.66. The van der Waals surface area contributed by atoms with Crippen molar-refractivity contribution in [2.24, 2.45) is 17.8 Å². The molecule has 15 heteroatoms. The molecule has 0 radical (unpaired) electrons. The lowest BCUT2D eigenvalue weighted by molar-refractivity contribution is -0.122. The lowest BCUT2D eigenvalue weighted by atomic mass is 9.83. The number of aromatic carboxylic acids is 1. The minimum absolute atomic E-state index is 0.0638. The van der Waals surface area contributed by atoms with Crippen LogP contribution in [-0.4, -0.2) is 50.0 Å². The Labute approximate surface area is 260 Å². The van der Waals surface area contributed by atoms with Gasteiger partial charge in [0.25, 0.3) is 15.7 Å². The zero-order valence-electron chi connectivity index (χ0n) is 24.1. The molecule has 2 aliphatic rings. The summed E-state index contributed by atoms with van der Waals surface area (Å²) in [6, 6.07) is 11.1. The number of benzene rings is 3. The van der Waals surface area contributed by atoms with E-state index in [9.17, 15) is 40.4 Å². The van der Waals surface area contributed by atoms with E-state index in [0.29, 0.717) is 24.8 Å². The van der Waals surface area contributed by atoms with Crippen LogP contribution in [0.3, 0.4) is 0 Å². The van der Waals surface area contributed by atoms with Crippen LogP contribution >= 0.6 is 0 Å². The van der Waals surface area contributed by atoms with Gasteiger partial charge in [-0.15, -0.1) is 0 Å². The number of carbonyl (C=O) groups is 3. The number of hydrogen-bond acceptors (Lipinski definition) is 7. The number of carboxylic acids is 1. The third-order valence-corrected chi connectivity index (χ3v) is 9.81. The van der Waals surface area contributed by atoms with Gasteiger partial charge in [-0.3, -0.25) is 9.59 Å². The van der Waals surface area contributed by atoms with Crippen molar-refractivity contribution in [3.8, 4) is 11.5 Å². The lowest BCUT2D eigenvalue weighted by Gasteiger charge is -2.31. The molecule has 10 nitrogen and oxygen atoms in total. The Morgan fingerprint density at radius 2 is 1.67 bits per heavy atom. The van der Waals surface area contributed by atoms with Crippen LogP contribution < -0.4 is 20.1 Å². The fourth-order valence-corrected chi connectivity index (χ4v) is 6.91. The molecule has 3 aromatic carbocycles. The maximum absolute atomic E-state index is 14.9. The molecule has 46 heavy (non-hydrogen) atoms. The van der Waals surface area contributed by atoms with E-state index >= 15 is 0 Å². The van der Waals surface area contributed by atoms with E-state index in [1.807, 2.05) is 0 Å². The molecule has 0 unspecified atom stereocenters. The molecule has 2 bridgehead atoms. The van der Waals surface area contributed by atoms with Crippen molar-refractivity contribution >= 4 is 33.3 Å². The van der Waals surface area contributed by atoms with Gasteiger partial charge in [-0.2, -0.15) is 13.2 Å². The zero-order valence-corrected chi connectivity index (χ0v) is 25.0. The normalized spacial score (nSPS) is 20.6. The van der Waals surface area contributed by atoms with E-state index in [1.54, 1.807) is 0 Å². The molecule has 2 aliphatic carbocycles. The molecule has 3 N–H and O–H groups in total. The highest BCUT2D eigenvalue weighted by Gasteiger charge is 2.52. The van der Waals surface area contributed by atoms with Gasteiger partial charge in [0.2, 0.25) is 5.91 Å². The molecule has 2 saturated carbocycles. The Bertz CT molecular complexity index is 1780. The van der Waals surface area contributed by atoms with Crippen molar-refractivity contribution in [1.29, 1.82) is 0 Å². The van der Waals surface area contributed by atoms with Gasteiger partial charge in [0.05, 0.1) is 29.1 Å². The Kier molecular flexibility index (Phi) is 8.98. The van der Waals surface area contributed by atoms with Crippen LogP contribution in [-0.2, 0) is 21.2 Å². The zero-order chi connectivity index (χ0) is 33.4. The maximum atomic E-state index is 14.9. The molecule has 4 atom stereocenters. The number of hydrogen-bond donors (Lipinski definition) is 3. The van der Waals surface area contributed by atoms with Crippen molar-refractivity contribution in [3.05, 3.63) is 83.2 Å². The summed E-state index contributed by atoms with van der Waals surface area (Å²) in [6.07, 6.45) is 2.01. The van der Waals surface area contributed by atoms with Gasteiger partial charge in [0.15, 0.2) is 11.6 Å². The number of alkyl halides is 3. The fourth-order valence-electron chi connectivity index (χ4n) is 6.10. The highest BCUT2D eigenvalue weighted by molar-refractivity contribution is 7.92. The van der Waals surface area contributed by atoms with Crippen molar-refractivity contribution in [1.82, 2.24) is 5.32 Å². The number of amides is 2. The Morgan fingerprint density at radius 3 is 2.33 bits per heavy atom. The van der Waals surface area contributed by atoms with Crippen molar-refractivity contribution in [2.45, 2.75) is 42.3 Å². The number of methoxy groups -OCH3 is 1. The van der Waals surface area contributed by atoms with E-state index in [0.717, 1.165) is 30.3 Å². The van der Waals surface area contributed by atoms with Crippen molar-refractivity contribution in [3.63, 3.8) is 0 Å². The summed E-state index contributed by atoms with van der Waals surface area (Å²) < 4.78 is 88.6. The molecule has 3 aromatic rings. The monoisotopic (exact) mass is 664 g/mol. The molecule has 0 heterocycles. The predicted molar refractivity (Wildman–Crippen MR) is 155 cm³/mol. The first-order chi connectivity index (χ1) is 21.7. The minimum atomic E-state index is -5.64. The molecule has 244 valence electrons. The average molecular weight is 665 g/mol. The van der Waals surface area contributed by atoms with E-state index in [4.69, 9.17) is 14.6 Å². The molecule has 0 spiro atoms. The second-order valence-electron chi connectivity index (χ2n) is 11.1. The largest absolute Gasteiger partial charge is 0.501 e. The summed E-state index contributed by atoms with van der Waals surface area (Å²) in [4.78, 5) is 37.0. The van der Waals surface area contributed by atoms with E-state index in [2.05, 4.69) is 10.6 Å². The molecule has 0 aromatic heterocycles. The Balaban J connectivity index is 1.33. The highest BCUT2D eigenvalue weighted by atomic mass is 32.2. The number of carbonyl (C=O) groups excluding carboxylic acids is 2. The number of nitrogens with one attached hydrogen (secondary N) is 2. The molecule has 5 rings (SSSR count). The van der Waals surface area contributed by atoms with Gasteiger partial charge in [-0.25, -0.2) is 17.6 Å². The smallest absolute Gasteiger partial charge is 0.496 e. The molecule has 2 amide bonds. The average Bonchev–Trinajstić information content (AvgIpc) is 3.62. The van der Waals surface area contributed by atoms with Crippen LogP contribution in [0.25, 0.3) is 0 Å². The molecular formula is C31H28F4N2O8S. The van der Waals surface area contributed by atoms with Crippen LogP contribution in [0.15, 0.2) is 65.6 Å². The SMILES string of the molecule is COc1cc(F)c(OCc2ccc(C(=O)O)cc2)cc1C(=O)N[C@@H]1[C@H]2CC[C@H](C2)[C@@H]1C(=O)Nc1cccc(S(=O)(=O)C(F)(F)F)c1. The number of halogens is 4. The topological polar surface area (TPSA) is 148 Å². The van der Waals surface area contributed by atoms with Gasteiger partial charge in [0.1, 0.15) is 12.4 Å². The van der Waals surface area contributed by atoms with Crippen LogP contribution in [0.4, 0.5) is 23.2 Å². The lowest BCUT2D eigenvalue weighted by Crippen LogP contribution is -2.48.